The molecule has 0 saturated heterocycles. The zero-order chi connectivity index (χ0) is 20.5. The van der Waals surface area contributed by atoms with Crippen LogP contribution in [0.5, 0.6) is 0 Å². The molecule has 4 rings (SSSR count). The van der Waals surface area contributed by atoms with E-state index in [1.165, 1.54) is 12.5 Å². The van der Waals surface area contributed by atoms with Crippen molar-refractivity contribution in [3.05, 3.63) is 11.6 Å². The minimum absolute atomic E-state index is 0.0342. The number of esters is 1. The van der Waals surface area contributed by atoms with Crippen molar-refractivity contribution in [2.75, 3.05) is 0 Å². The fraction of sp³-hybridized carbons (Fsp3) is 0.783. The van der Waals surface area contributed by atoms with Gasteiger partial charge in [-0.2, -0.15) is 0 Å². The number of allylic oxidation sites excluding steroid dienone is 1. The van der Waals surface area contributed by atoms with Gasteiger partial charge >= 0.3 is 5.97 Å². The maximum Gasteiger partial charge on any atom is 0.303 e. The zero-order valence-corrected chi connectivity index (χ0v) is 18.1. The van der Waals surface area contributed by atoms with E-state index in [4.69, 9.17) is 16.3 Å². The van der Waals surface area contributed by atoms with E-state index in [1.54, 1.807) is 6.92 Å². The Kier molecular flexibility index (Phi) is 4.61. The monoisotopic (exact) mass is 406 g/mol. The van der Waals surface area contributed by atoms with E-state index in [0.717, 1.165) is 25.7 Å². The van der Waals surface area contributed by atoms with Gasteiger partial charge in [0.1, 0.15) is 0 Å². The van der Waals surface area contributed by atoms with Gasteiger partial charge in [0.2, 0.25) is 0 Å². The fourth-order valence-corrected chi connectivity index (χ4v) is 8.45. The molecule has 0 N–H and O–H groups in total. The summed E-state index contributed by atoms with van der Waals surface area (Å²) in [6.07, 6.45) is 7.43. The Hall–Kier alpha value is -1.16. The molecule has 28 heavy (non-hydrogen) atoms. The summed E-state index contributed by atoms with van der Waals surface area (Å²) in [6.45, 7) is 7.36. The third-order valence-electron chi connectivity index (χ3n) is 8.86. The van der Waals surface area contributed by atoms with Crippen molar-refractivity contribution in [2.45, 2.75) is 83.6 Å². The number of carbonyl (C=O) groups is 3. The van der Waals surface area contributed by atoms with Crippen molar-refractivity contribution in [1.29, 1.82) is 0 Å². The summed E-state index contributed by atoms with van der Waals surface area (Å²) in [4.78, 5) is 36.7. The number of ketones is 2. The van der Waals surface area contributed by atoms with E-state index >= 15 is 0 Å². The first-order valence-corrected chi connectivity index (χ1v) is 11.1. The number of rotatable bonds is 2. The Labute approximate surface area is 172 Å². The fourth-order valence-electron chi connectivity index (χ4n) is 7.67. The number of hydrogen-bond donors (Lipinski definition) is 0. The van der Waals surface area contributed by atoms with Crippen molar-refractivity contribution in [3.63, 3.8) is 0 Å². The number of carbonyl (C=O) groups excluding carboxylic acids is 3. The highest BCUT2D eigenvalue weighted by molar-refractivity contribution is 6.21. The van der Waals surface area contributed by atoms with Crippen LogP contribution in [-0.4, -0.2) is 28.5 Å². The first-order chi connectivity index (χ1) is 13.0. The van der Waals surface area contributed by atoms with Gasteiger partial charge in [-0.15, -0.1) is 11.6 Å². The van der Waals surface area contributed by atoms with Crippen LogP contribution < -0.4 is 0 Å². The van der Waals surface area contributed by atoms with E-state index in [9.17, 15) is 14.4 Å². The van der Waals surface area contributed by atoms with Crippen molar-refractivity contribution in [3.8, 4) is 0 Å². The molecule has 0 spiro atoms. The van der Waals surface area contributed by atoms with E-state index in [-0.39, 0.29) is 22.4 Å². The van der Waals surface area contributed by atoms with Crippen LogP contribution in [0.15, 0.2) is 11.6 Å². The molecule has 0 bridgehead atoms. The molecule has 3 fully saturated rings. The average molecular weight is 407 g/mol. The predicted molar refractivity (Wildman–Crippen MR) is 107 cm³/mol. The molecule has 154 valence electrons. The topological polar surface area (TPSA) is 60.4 Å². The van der Waals surface area contributed by atoms with Crippen molar-refractivity contribution >= 4 is 29.1 Å². The highest BCUT2D eigenvalue weighted by Crippen LogP contribution is 2.69. The molecule has 7 atom stereocenters. The van der Waals surface area contributed by atoms with Gasteiger partial charge < -0.3 is 4.74 Å². The van der Waals surface area contributed by atoms with Crippen LogP contribution in [0, 0.1) is 28.6 Å². The number of fused-ring (bicyclic) bond motifs is 5. The normalized spacial score (nSPS) is 47.5. The molecule has 0 heterocycles. The summed E-state index contributed by atoms with van der Waals surface area (Å²) in [5, 5.41) is -0.0967. The van der Waals surface area contributed by atoms with Crippen LogP contribution in [0.4, 0.5) is 0 Å². The Balaban J connectivity index is 1.75. The molecular weight excluding hydrogens is 376 g/mol. The zero-order valence-electron chi connectivity index (χ0n) is 17.3. The molecule has 0 aromatic carbocycles. The standard InChI is InChI=1S/C23H31ClO4/c1-13(25)23(28-14(2)26)10-8-18-17-6-5-15-11-16(27)7-9-21(15,3)20(17)19(24)12-22(18,23)4/h11,17-20H,5-10,12H2,1-4H3/t17-,18-,19?,20+,21-,22-,23-/m0/s1. The molecule has 4 aliphatic rings. The summed E-state index contributed by atoms with van der Waals surface area (Å²) in [5.41, 5.74) is -0.246. The molecule has 4 aliphatic carbocycles. The van der Waals surface area contributed by atoms with Gasteiger partial charge in [-0.25, -0.2) is 0 Å². The lowest BCUT2D eigenvalue weighted by atomic mass is 9.46. The molecule has 0 amide bonds. The highest BCUT2D eigenvalue weighted by atomic mass is 35.5. The highest BCUT2D eigenvalue weighted by Gasteiger charge is 2.69. The van der Waals surface area contributed by atoms with Gasteiger partial charge in [-0.05, 0) is 74.7 Å². The third kappa shape index (κ3) is 2.52. The lowest BCUT2D eigenvalue weighted by Gasteiger charge is -2.60. The minimum Gasteiger partial charge on any atom is -0.451 e. The van der Waals surface area contributed by atoms with Crippen LogP contribution in [0.1, 0.15) is 72.6 Å². The first-order valence-electron chi connectivity index (χ1n) is 10.6. The summed E-state index contributed by atoms with van der Waals surface area (Å²) in [7, 11) is 0. The maximum atomic E-state index is 12.8. The average Bonchev–Trinajstić information content (AvgIpc) is 2.88. The van der Waals surface area contributed by atoms with Crippen LogP contribution in [-0.2, 0) is 19.1 Å². The van der Waals surface area contributed by atoms with Crippen LogP contribution in [0.3, 0.4) is 0 Å². The lowest BCUT2D eigenvalue weighted by Crippen LogP contribution is -2.61. The summed E-state index contributed by atoms with van der Waals surface area (Å²) in [6, 6.07) is 0. The smallest absolute Gasteiger partial charge is 0.303 e. The molecule has 0 aromatic heterocycles. The van der Waals surface area contributed by atoms with Crippen LogP contribution >= 0.6 is 11.6 Å². The Morgan fingerprint density at radius 1 is 1.14 bits per heavy atom. The molecule has 0 aromatic rings. The quantitative estimate of drug-likeness (QED) is 0.495. The van der Waals surface area contributed by atoms with Crippen molar-refractivity contribution in [2.24, 2.45) is 28.6 Å². The lowest BCUT2D eigenvalue weighted by molar-refractivity contribution is -0.186. The number of halogens is 1. The molecule has 3 saturated carbocycles. The van der Waals surface area contributed by atoms with E-state index in [2.05, 4.69) is 13.8 Å². The summed E-state index contributed by atoms with van der Waals surface area (Å²) < 4.78 is 5.80. The largest absolute Gasteiger partial charge is 0.451 e. The Morgan fingerprint density at radius 3 is 2.50 bits per heavy atom. The molecule has 1 unspecified atom stereocenters. The third-order valence-corrected chi connectivity index (χ3v) is 9.29. The van der Waals surface area contributed by atoms with E-state index < -0.39 is 17.0 Å². The Bertz CT molecular complexity index is 773. The SMILES string of the molecule is CC(=O)O[C@]1(C(C)=O)CC[C@H]2[C@@H]3CCC4=CC(=O)CC[C@]4(C)[C@H]3C(Cl)C[C@@]21C. The number of Topliss-reactive ketones (excluding diaryl/α,β-unsaturated/α-hetero) is 1. The van der Waals surface area contributed by atoms with Gasteiger partial charge in [0.25, 0.3) is 0 Å². The summed E-state index contributed by atoms with van der Waals surface area (Å²) in [5.74, 6) is 0.808. The second-order valence-corrected chi connectivity index (χ2v) is 10.6. The number of hydrogen-bond acceptors (Lipinski definition) is 4. The number of ether oxygens (including phenoxy) is 1. The van der Waals surface area contributed by atoms with Gasteiger partial charge in [-0.1, -0.05) is 19.4 Å². The first kappa shape index (κ1) is 20.1. The number of alkyl halides is 1. The van der Waals surface area contributed by atoms with Gasteiger partial charge in [0.15, 0.2) is 17.2 Å². The summed E-state index contributed by atoms with van der Waals surface area (Å²) >= 11 is 7.10. The van der Waals surface area contributed by atoms with E-state index in [1.807, 2.05) is 6.08 Å². The van der Waals surface area contributed by atoms with Crippen LogP contribution in [0.2, 0.25) is 0 Å². The molecular formula is C23H31ClO4. The maximum absolute atomic E-state index is 12.8. The molecule has 0 aliphatic heterocycles. The second kappa shape index (κ2) is 6.42. The van der Waals surface area contributed by atoms with Gasteiger partial charge in [0, 0.05) is 24.1 Å². The van der Waals surface area contributed by atoms with Crippen molar-refractivity contribution in [1.82, 2.24) is 0 Å². The van der Waals surface area contributed by atoms with Gasteiger partial charge in [0.05, 0.1) is 0 Å². The van der Waals surface area contributed by atoms with E-state index in [0.29, 0.717) is 37.0 Å². The van der Waals surface area contributed by atoms with Gasteiger partial charge in [-0.3, -0.25) is 14.4 Å². The van der Waals surface area contributed by atoms with Crippen LogP contribution in [0.25, 0.3) is 0 Å². The second-order valence-electron chi connectivity index (χ2n) is 10.0. The van der Waals surface area contributed by atoms with Crippen molar-refractivity contribution < 1.29 is 19.1 Å². The molecule has 4 nitrogen and oxygen atoms in total. The predicted octanol–water partition coefficient (Wildman–Crippen LogP) is 4.63. The molecule has 5 heteroatoms. The Morgan fingerprint density at radius 2 is 1.86 bits per heavy atom. The molecule has 0 radical (unpaired) electrons. The minimum atomic E-state index is -1.05.